The van der Waals surface area contributed by atoms with E-state index in [1.54, 1.807) is 0 Å². The Morgan fingerprint density at radius 2 is 1.52 bits per heavy atom. The van der Waals surface area contributed by atoms with Crippen molar-refractivity contribution in [1.29, 1.82) is 0 Å². The molecule has 0 spiro atoms. The molecule has 4 fully saturated rings. The molecule has 114 valence electrons. The van der Waals surface area contributed by atoms with Crippen LogP contribution in [0.25, 0.3) is 0 Å². The van der Waals surface area contributed by atoms with Crippen LogP contribution in [0.4, 0.5) is 0 Å². The molecule has 4 aliphatic carbocycles. The van der Waals surface area contributed by atoms with Crippen LogP contribution in [0, 0.1) is 43.4 Å². The van der Waals surface area contributed by atoms with Crippen LogP contribution in [-0.2, 0) is 0 Å². The highest BCUT2D eigenvalue weighted by Crippen LogP contribution is 2.60. The molecule has 1 aromatic rings. The standard InChI is InChI=1S/C19H24BrCl/c1-10-4-17(20)11(2)3-16(10)19(21)18-14-6-12-5-13(8-14)9-15(18)7-12/h3-4,12-15,18-19H,5-9H2,1-2H3. The van der Waals surface area contributed by atoms with Gasteiger partial charge in [0.15, 0.2) is 0 Å². The fraction of sp³-hybridized carbons (Fsp3) is 0.684. The van der Waals surface area contributed by atoms with Crippen molar-refractivity contribution in [3.63, 3.8) is 0 Å². The van der Waals surface area contributed by atoms with Gasteiger partial charge in [0, 0.05) is 4.47 Å². The molecule has 0 saturated heterocycles. The number of alkyl halides is 1. The lowest BCUT2D eigenvalue weighted by atomic mass is 9.51. The molecule has 1 atom stereocenters. The van der Waals surface area contributed by atoms with Gasteiger partial charge in [-0.2, -0.15) is 0 Å². The molecule has 0 N–H and O–H groups in total. The number of hydrogen-bond acceptors (Lipinski definition) is 0. The highest BCUT2D eigenvalue weighted by molar-refractivity contribution is 9.10. The zero-order valence-electron chi connectivity index (χ0n) is 12.9. The highest BCUT2D eigenvalue weighted by atomic mass is 79.9. The predicted octanol–water partition coefficient (Wildman–Crippen LogP) is 6.42. The first kappa shape index (κ1) is 14.6. The van der Waals surface area contributed by atoms with E-state index in [1.807, 2.05) is 0 Å². The Bertz CT molecular complexity index is 537. The number of halogens is 2. The maximum Gasteiger partial charge on any atom is 0.0621 e. The fourth-order valence-corrected chi connectivity index (χ4v) is 6.86. The number of rotatable bonds is 2. The molecule has 0 nitrogen and oxygen atoms in total. The van der Waals surface area contributed by atoms with Gasteiger partial charge in [0.25, 0.3) is 0 Å². The molecule has 2 heteroatoms. The zero-order valence-corrected chi connectivity index (χ0v) is 15.3. The quantitative estimate of drug-likeness (QED) is 0.529. The van der Waals surface area contributed by atoms with Gasteiger partial charge in [0.2, 0.25) is 0 Å². The number of hydrogen-bond donors (Lipinski definition) is 0. The van der Waals surface area contributed by atoms with Crippen molar-refractivity contribution < 1.29 is 0 Å². The normalized spacial score (nSPS) is 38.8. The molecule has 4 aliphatic rings. The largest absolute Gasteiger partial charge is 0.117 e. The summed E-state index contributed by atoms with van der Waals surface area (Å²) in [4.78, 5) is 0. The Labute approximate surface area is 141 Å². The third-order valence-electron chi connectivity index (χ3n) is 6.48. The van der Waals surface area contributed by atoms with E-state index in [1.165, 1.54) is 53.3 Å². The fourth-order valence-electron chi connectivity index (χ4n) is 5.75. The van der Waals surface area contributed by atoms with Crippen LogP contribution in [0.1, 0.15) is 54.2 Å². The summed E-state index contributed by atoms with van der Waals surface area (Å²) < 4.78 is 1.21. The van der Waals surface area contributed by atoms with Gasteiger partial charge in [0.05, 0.1) is 5.38 Å². The van der Waals surface area contributed by atoms with Crippen LogP contribution in [0.5, 0.6) is 0 Å². The summed E-state index contributed by atoms with van der Waals surface area (Å²) >= 11 is 10.7. The average molecular weight is 368 g/mol. The van der Waals surface area contributed by atoms with Crippen molar-refractivity contribution in [1.82, 2.24) is 0 Å². The highest BCUT2D eigenvalue weighted by Gasteiger charge is 2.50. The van der Waals surface area contributed by atoms with Gasteiger partial charge in [-0.1, -0.05) is 22.0 Å². The van der Waals surface area contributed by atoms with E-state index in [4.69, 9.17) is 11.6 Å². The maximum absolute atomic E-state index is 7.06. The van der Waals surface area contributed by atoms with E-state index in [9.17, 15) is 0 Å². The van der Waals surface area contributed by atoms with Gasteiger partial charge < -0.3 is 0 Å². The minimum atomic E-state index is 0.215. The molecule has 4 bridgehead atoms. The Hall–Kier alpha value is -0.0100. The van der Waals surface area contributed by atoms with Gasteiger partial charge in [0.1, 0.15) is 0 Å². The smallest absolute Gasteiger partial charge is 0.0621 e. The second-order valence-electron chi connectivity index (χ2n) is 7.87. The van der Waals surface area contributed by atoms with Gasteiger partial charge in [-0.3, -0.25) is 0 Å². The van der Waals surface area contributed by atoms with Gasteiger partial charge in [-0.15, -0.1) is 11.6 Å². The van der Waals surface area contributed by atoms with Crippen LogP contribution in [0.15, 0.2) is 16.6 Å². The Balaban J connectivity index is 1.66. The number of aryl methyl sites for hydroxylation is 2. The predicted molar refractivity (Wildman–Crippen MR) is 92.7 cm³/mol. The monoisotopic (exact) mass is 366 g/mol. The first-order chi connectivity index (χ1) is 10.0. The Morgan fingerprint density at radius 1 is 0.952 bits per heavy atom. The molecule has 0 aromatic heterocycles. The zero-order chi connectivity index (χ0) is 14.7. The lowest BCUT2D eigenvalue weighted by Gasteiger charge is -2.55. The third kappa shape index (κ3) is 2.39. The molecular formula is C19H24BrCl. The third-order valence-corrected chi connectivity index (χ3v) is 7.86. The van der Waals surface area contributed by atoms with Gasteiger partial charge >= 0.3 is 0 Å². The van der Waals surface area contributed by atoms with Crippen LogP contribution in [0.2, 0.25) is 0 Å². The molecule has 1 aromatic carbocycles. The molecule has 0 amide bonds. The molecule has 5 rings (SSSR count). The first-order valence-electron chi connectivity index (χ1n) is 8.43. The van der Waals surface area contributed by atoms with E-state index in [0.717, 1.165) is 29.6 Å². The molecule has 1 unspecified atom stereocenters. The molecule has 0 radical (unpaired) electrons. The van der Waals surface area contributed by atoms with E-state index < -0.39 is 0 Å². The van der Waals surface area contributed by atoms with Crippen LogP contribution < -0.4 is 0 Å². The van der Waals surface area contributed by atoms with E-state index in [0.29, 0.717) is 0 Å². The van der Waals surface area contributed by atoms with E-state index in [-0.39, 0.29) is 5.38 Å². The van der Waals surface area contributed by atoms with E-state index >= 15 is 0 Å². The summed E-state index contributed by atoms with van der Waals surface area (Å²) in [6, 6.07) is 4.57. The summed E-state index contributed by atoms with van der Waals surface area (Å²) in [6.45, 7) is 4.39. The van der Waals surface area contributed by atoms with Crippen molar-refractivity contribution in [3.8, 4) is 0 Å². The average Bonchev–Trinajstić information content (AvgIpc) is 2.41. The van der Waals surface area contributed by atoms with E-state index in [2.05, 4.69) is 41.9 Å². The van der Waals surface area contributed by atoms with Crippen molar-refractivity contribution in [2.24, 2.45) is 29.6 Å². The van der Waals surface area contributed by atoms with Crippen LogP contribution in [0.3, 0.4) is 0 Å². The summed E-state index contributed by atoms with van der Waals surface area (Å²) in [5.74, 6) is 4.57. The Morgan fingerprint density at radius 3 is 2.10 bits per heavy atom. The lowest BCUT2D eigenvalue weighted by molar-refractivity contribution is -0.0381. The minimum absolute atomic E-state index is 0.215. The van der Waals surface area contributed by atoms with Crippen molar-refractivity contribution in [3.05, 3.63) is 33.3 Å². The van der Waals surface area contributed by atoms with Gasteiger partial charge in [-0.05, 0) is 98.3 Å². The van der Waals surface area contributed by atoms with Crippen molar-refractivity contribution in [2.75, 3.05) is 0 Å². The molecular weight excluding hydrogens is 344 g/mol. The summed E-state index contributed by atoms with van der Waals surface area (Å²) in [5, 5.41) is 0.215. The second-order valence-corrected chi connectivity index (χ2v) is 9.19. The summed E-state index contributed by atoms with van der Waals surface area (Å²) in [6.07, 6.45) is 7.33. The lowest BCUT2D eigenvalue weighted by Crippen LogP contribution is -2.46. The molecule has 0 aliphatic heterocycles. The topological polar surface area (TPSA) is 0 Å². The van der Waals surface area contributed by atoms with Crippen molar-refractivity contribution in [2.45, 2.75) is 51.3 Å². The maximum atomic E-state index is 7.06. The van der Waals surface area contributed by atoms with Crippen LogP contribution in [-0.4, -0.2) is 0 Å². The second kappa shape index (κ2) is 5.27. The van der Waals surface area contributed by atoms with Gasteiger partial charge in [-0.25, -0.2) is 0 Å². The van der Waals surface area contributed by atoms with Crippen molar-refractivity contribution >= 4 is 27.5 Å². The molecule has 4 saturated carbocycles. The first-order valence-corrected chi connectivity index (χ1v) is 9.66. The molecule has 21 heavy (non-hydrogen) atoms. The summed E-state index contributed by atoms with van der Waals surface area (Å²) in [5.41, 5.74) is 4.04. The summed E-state index contributed by atoms with van der Waals surface area (Å²) in [7, 11) is 0. The minimum Gasteiger partial charge on any atom is -0.117 e. The SMILES string of the molecule is Cc1cc(C(Cl)C2C3CC4CC(C3)CC2C4)c(C)cc1Br. The van der Waals surface area contributed by atoms with Crippen LogP contribution >= 0.6 is 27.5 Å². The number of benzene rings is 1. The molecule has 0 heterocycles. The Kier molecular flexibility index (Phi) is 3.66.